The summed E-state index contributed by atoms with van der Waals surface area (Å²) in [7, 11) is 0. The highest BCUT2D eigenvalue weighted by Gasteiger charge is 2.11. The maximum atomic E-state index is 11.9. The Hall–Kier alpha value is -2.44. The summed E-state index contributed by atoms with van der Waals surface area (Å²) in [5.74, 6) is 0.428. The standard InChI is InChI=1S/C11H13N5O2/c1-3-12-11-13-7(2)6-8(14-11)10(17)15-9-4-5-18-16-9/h4-6H,3H2,1-2H3,(H,12,13,14)(H,15,16,17). The van der Waals surface area contributed by atoms with Crippen LogP contribution in [0.1, 0.15) is 23.1 Å². The molecule has 7 nitrogen and oxygen atoms in total. The maximum Gasteiger partial charge on any atom is 0.275 e. The third-order valence-corrected chi connectivity index (χ3v) is 2.10. The van der Waals surface area contributed by atoms with E-state index >= 15 is 0 Å². The first-order chi connectivity index (χ1) is 8.69. The molecule has 0 atom stereocenters. The van der Waals surface area contributed by atoms with Crippen LogP contribution in [0.25, 0.3) is 0 Å². The van der Waals surface area contributed by atoms with E-state index in [-0.39, 0.29) is 11.6 Å². The molecule has 0 aliphatic heterocycles. The summed E-state index contributed by atoms with van der Waals surface area (Å²) in [6, 6.07) is 3.16. The SMILES string of the molecule is CCNc1nc(C)cc(C(=O)Nc2ccon2)n1. The van der Waals surface area contributed by atoms with Gasteiger partial charge in [0.25, 0.3) is 5.91 Å². The first kappa shape index (κ1) is 12.0. The van der Waals surface area contributed by atoms with Crippen molar-refractivity contribution in [2.45, 2.75) is 13.8 Å². The van der Waals surface area contributed by atoms with Crippen molar-refractivity contribution in [2.24, 2.45) is 0 Å². The molecule has 2 aromatic rings. The predicted octanol–water partition coefficient (Wildman–Crippen LogP) is 1.46. The number of anilines is 2. The molecule has 0 radical (unpaired) electrons. The normalized spacial score (nSPS) is 10.1. The van der Waals surface area contributed by atoms with E-state index in [0.717, 1.165) is 0 Å². The van der Waals surface area contributed by atoms with E-state index < -0.39 is 0 Å². The van der Waals surface area contributed by atoms with Gasteiger partial charge < -0.3 is 15.2 Å². The second-order valence-electron chi connectivity index (χ2n) is 3.59. The summed E-state index contributed by atoms with van der Waals surface area (Å²) < 4.78 is 4.63. The van der Waals surface area contributed by atoms with Gasteiger partial charge in [0.15, 0.2) is 5.82 Å². The second-order valence-corrected chi connectivity index (χ2v) is 3.59. The summed E-state index contributed by atoms with van der Waals surface area (Å²) >= 11 is 0. The number of amides is 1. The Kier molecular flexibility index (Phi) is 3.52. The summed E-state index contributed by atoms with van der Waals surface area (Å²) in [6.07, 6.45) is 1.38. The molecule has 2 heterocycles. The molecule has 0 fully saturated rings. The predicted molar refractivity (Wildman–Crippen MR) is 65.4 cm³/mol. The largest absolute Gasteiger partial charge is 0.363 e. The van der Waals surface area contributed by atoms with Gasteiger partial charge in [0, 0.05) is 18.3 Å². The molecular formula is C11H13N5O2. The average molecular weight is 247 g/mol. The number of aryl methyl sites for hydroxylation is 1. The monoisotopic (exact) mass is 247 g/mol. The molecule has 2 rings (SSSR count). The Morgan fingerprint density at radius 3 is 2.94 bits per heavy atom. The van der Waals surface area contributed by atoms with Crippen molar-refractivity contribution in [1.82, 2.24) is 15.1 Å². The molecule has 0 unspecified atom stereocenters. The molecule has 18 heavy (non-hydrogen) atoms. The Morgan fingerprint density at radius 1 is 1.44 bits per heavy atom. The van der Waals surface area contributed by atoms with Crippen LogP contribution >= 0.6 is 0 Å². The van der Waals surface area contributed by atoms with Crippen LogP contribution in [0.2, 0.25) is 0 Å². The molecular weight excluding hydrogens is 234 g/mol. The first-order valence-corrected chi connectivity index (χ1v) is 5.50. The molecule has 94 valence electrons. The number of hydrogen-bond acceptors (Lipinski definition) is 6. The molecule has 2 N–H and O–H groups in total. The van der Waals surface area contributed by atoms with Crippen LogP contribution < -0.4 is 10.6 Å². The van der Waals surface area contributed by atoms with Crippen molar-refractivity contribution >= 4 is 17.7 Å². The average Bonchev–Trinajstić information content (AvgIpc) is 2.81. The molecule has 1 amide bonds. The maximum absolute atomic E-state index is 11.9. The van der Waals surface area contributed by atoms with Crippen LogP contribution in [-0.4, -0.2) is 27.6 Å². The Balaban J connectivity index is 2.19. The molecule has 0 bridgehead atoms. The number of rotatable bonds is 4. The molecule has 2 aromatic heterocycles. The van der Waals surface area contributed by atoms with Gasteiger partial charge in [-0.15, -0.1) is 0 Å². The van der Waals surface area contributed by atoms with Gasteiger partial charge in [-0.3, -0.25) is 4.79 Å². The van der Waals surface area contributed by atoms with Crippen molar-refractivity contribution in [3.05, 3.63) is 29.8 Å². The summed E-state index contributed by atoms with van der Waals surface area (Å²) in [5, 5.41) is 9.14. The van der Waals surface area contributed by atoms with E-state index in [1.165, 1.54) is 6.26 Å². The van der Waals surface area contributed by atoms with Gasteiger partial charge in [0.05, 0.1) is 0 Å². The molecule has 7 heteroatoms. The fourth-order valence-corrected chi connectivity index (χ4v) is 1.38. The zero-order valence-electron chi connectivity index (χ0n) is 10.1. The lowest BCUT2D eigenvalue weighted by atomic mass is 10.3. The van der Waals surface area contributed by atoms with Crippen LogP contribution in [-0.2, 0) is 0 Å². The molecule has 0 aliphatic carbocycles. The lowest BCUT2D eigenvalue weighted by Gasteiger charge is -2.06. The Labute approximate surface area is 104 Å². The minimum atomic E-state index is -0.353. The highest BCUT2D eigenvalue weighted by atomic mass is 16.5. The molecule has 0 aromatic carbocycles. The van der Waals surface area contributed by atoms with Crippen molar-refractivity contribution in [2.75, 3.05) is 17.2 Å². The van der Waals surface area contributed by atoms with Crippen LogP contribution in [0.4, 0.5) is 11.8 Å². The number of nitrogens with one attached hydrogen (secondary N) is 2. The molecule has 0 saturated carbocycles. The van der Waals surface area contributed by atoms with E-state index in [1.807, 2.05) is 6.92 Å². The molecule has 0 saturated heterocycles. The smallest absolute Gasteiger partial charge is 0.275 e. The van der Waals surface area contributed by atoms with Gasteiger partial charge in [-0.1, -0.05) is 5.16 Å². The van der Waals surface area contributed by atoms with Crippen LogP contribution in [0, 0.1) is 6.92 Å². The lowest BCUT2D eigenvalue weighted by Crippen LogP contribution is -2.16. The third-order valence-electron chi connectivity index (χ3n) is 2.10. The van der Waals surface area contributed by atoms with E-state index in [9.17, 15) is 4.79 Å². The number of nitrogens with zero attached hydrogens (tertiary/aromatic N) is 3. The van der Waals surface area contributed by atoms with Gasteiger partial charge in [-0.2, -0.15) is 0 Å². The Bertz CT molecular complexity index is 538. The third kappa shape index (κ3) is 2.82. The second kappa shape index (κ2) is 5.26. The number of hydrogen-bond donors (Lipinski definition) is 2. The van der Waals surface area contributed by atoms with Crippen LogP contribution in [0.15, 0.2) is 22.9 Å². The zero-order chi connectivity index (χ0) is 13.0. The first-order valence-electron chi connectivity index (χ1n) is 5.50. The van der Waals surface area contributed by atoms with Crippen molar-refractivity contribution in [3.8, 4) is 0 Å². The summed E-state index contributed by atoms with van der Waals surface area (Å²) in [4.78, 5) is 20.2. The van der Waals surface area contributed by atoms with Crippen LogP contribution in [0.3, 0.4) is 0 Å². The fraction of sp³-hybridized carbons (Fsp3) is 0.273. The number of carbonyl (C=O) groups excluding carboxylic acids is 1. The zero-order valence-corrected chi connectivity index (χ0v) is 10.1. The molecule has 0 spiro atoms. The van der Waals surface area contributed by atoms with Crippen molar-refractivity contribution < 1.29 is 9.32 Å². The van der Waals surface area contributed by atoms with Gasteiger partial charge in [0.1, 0.15) is 12.0 Å². The van der Waals surface area contributed by atoms with E-state index in [2.05, 4.69) is 30.3 Å². The number of aromatic nitrogens is 3. The highest BCUT2D eigenvalue weighted by molar-refractivity contribution is 6.02. The van der Waals surface area contributed by atoms with Crippen LogP contribution in [0.5, 0.6) is 0 Å². The van der Waals surface area contributed by atoms with Gasteiger partial charge >= 0.3 is 0 Å². The Morgan fingerprint density at radius 2 is 2.28 bits per heavy atom. The lowest BCUT2D eigenvalue weighted by molar-refractivity contribution is 0.102. The van der Waals surface area contributed by atoms with E-state index in [4.69, 9.17) is 0 Å². The van der Waals surface area contributed by atoms with E-state index in [1.54, 1.807) is 19.1 Å². The fourth-order valence-electron chi connectivity index (χ4n) is 1.38. The minimum Gasteiger partial charge on any atom is -0.363 e. The molecule has 0 aliphatic rings. The number of carbonyl (C=O) groups is 1. The highest BCUT2D eigenvalue weighted by Crippen LogP contribution is 2.08. The van der Waals surface area contributed by atoms with Gasteiger partial charge in [0.2, 0.25) is 5.95 Å². The quantitative estimate of drug-likeness (QED) is 0.849. The topological polar surface area (TPSA) is 92.9 Å². The van der Waals surface area contributed by atoms with Gasteiger partial charge in [-0.05, 0) is 19.9 Å². The minimum absolute atomic E-state index is 0.279. The van der Waals surface area contributed by atoms with Gasteiger partial charge in [-0.25, -0.2) is 9.97 Å². The van der Waals surface area contributed by atoms with E-state index in [0.29, 0.717) is 24.0 Å². The van der Waals surface area contributed by atoms with Crippen molar-refractivity contribution in [1.29, 1.82) is 0 Å². The summed E-state index contributed by atoms with van der Waals surface area (Å²) in [6.45, 7) is 4.42. The van der Waals surface area contributed by atoms with Crippen molar-refractivity contribution in [3.63, 3.8) is 0 Å². The summed E-state index contributed by atoms with van der Waals surface area (Å²) in [5.41, 5.74) is 0.993.